The second-order valence-electron chi connectivity index (χ2n) is 4.50. The van der Waals surface area contributed by atoms with Gasteiger partial charge in [-0.2, -0.15) is 10.2 Å². The summed E-state index contributed by atoms with van der Waals surface area (Å²) >= 11 is 5.96. The predicted molar refractivity (Wildman–Crippen MR) is 72.1 cm³/mol. The molecule has 0 aromatic carbocycles. The lowest BCUT2D eigenvalue weighted by Gasteiger charge is -2.15. The SMILES string of the molecule is CN(CCc1cnn(C)c1)C(=O)c1nn(C)cc1Cl. The molecule has 0 aliphatic carbocycles. The van der Waals surface area contributed by atoms with Gasteiger partial charge < -0.3 is 4.90 Å². The average molecular weight is 282 g/mol. The van der Waals surface area contributed by atoms with Crippen LogP contribution in [0, 0.1) is 0 Å². The van der Waals surface area contributed by atoms with Gasteiger partial charge in [0, 0.05) is 40.1 Å². The highest BCUT2D eigenvalue weighted by atomic mass is 35.5. The predicted octanol–water partition coefficient (Wildman–Crippen LogP) is 1.12. The smallest absolute Gasteiger partial charge is 0.275 e. The molecular formula is C12H16ClN5O. The van der Waals surface area contributed by atoms with Gasteiger partial charge in [0.25, 0.3) is 5.91 Å². The van der Waals surface area contributed by atoms with E-state index in [1.54, 1.807) is 36.1 Å². The van der Waals surface area contributed by atoms with Gasteiger partial charge in [0.15, 0.2) is 5.69 Å². The molecule has 0 saturated heterocycles. The van der Waals surface area contributed by atoms with E-state index in [1.165, 1.54) is 4.68 Å². The van der Waals surface area contributed by atoms with Crippen molar-refractivity contribution in [2.45, 2.75) is 6.42 Å². The first-order valence-corrected chi connectivity index (χ1v) is 6.27. The molecule has 0 unspecified atom stereocenters. The number of hydrogen-bond acceptors (Lipinski definition) is 3. The minimum absolute atomic E-state index is 0.172. The van der Waals surface area contributed by atoms with Crippen molar-refractivity contribution in [1.82, 2.24) is 24.5 Å². The average Bonchev–Trinajstić information content (AvgIpc) is 2.91. The fraction of sp³-hybridized carbons (Fsp3) is 0.417. The van der Waals surface area contributed by atoms with E-state index >= 15 is 0 Å². The zero-order chi connectivity index (χ0) is 14.0. The van der Waals surface area contributed by atoms with Crippen molar-refractivity contribution >= 4 is 17.5 Å². The molecule has 0 fully saturated rings. The van der Waals surface area contributed by atoms with E-state index in [0.29, 0.717) is 11.6 Å². The van der Waals surface area contributed by atoms with Gasteiger partial charge in [-0.05, 0) is 12.0 Å². The number of carbonyl (C=O) groups is 1. The molecular weight excluding hydrogens is 266 g/mol. The van der Waals surface area contributed by atoms with Gasteiger partial charge in [0.2, 0.25) is 0 Å². The Kier molecular flexibility index (Phi) is 3.90. The zero-order valence-electron chi connectivity index (χ0n) is 11.2. The van der Waals surface area contributed by atoms with E-state index in [1.807, 2.05) is 13.2 Å². The number of aryl methyl sites for hydroxylation is 2. The highest BCUT2D eigenvalue weighted by Gasteiger charge is 2.18. The molecule has 0 saturated carbocycles. The molecule has 2 heterocycles. The molecule has 0 N–H and O–H groups in total. The van der Waals surface area contributed by atoms with Gasteiger partial charge in [-0.3, -0.25) is 14.2 Å². The van der Waals surface area contributed by atoms with Crippen molar-refractivity contribution in [2.75, 3.05) is 13.6 Å². The van der Waals surface area contributed by atoms with Gasteiger partial charge in [-0.25, -0.2) is 0 Å². The first kappa shape index (κ1) is 13.6. The van der Waals surface area contributed by atoms with Gasteiger partial charge in [-0.15, -0.1) is 0 Å². The second-order valence-corrected chi connectivity index (χ2v) is 4.91. The normalized spacial score (nSPS) is 10.7. The number of hydrogen-bond donors (Lipinski definition) is 0. The Morgan fingerprint density at radius 2 is 2.11 bits per heavy atom. The molecule has 0 aliphatic heterocycles. The molecule has 1 amide bonds. The second kappa shape index (κ2) is 5.44. The summed E-state index contributed by atoms with van der Waals surface area (Å²) < 4.78 is 3.28. The van der Waals surface area contributed by atoms with Gasteiger partial charge >= 0.3 is 0 Å². The third kappa shape index (κ3) is 3.14. The number of likely N-dealkylation sites (N-methyl/N-ethyl adjacent to an activating group) is 1. The van der Waals surface area contributed by atoms with Gasteiger partial charge in [0.05, 0.1) is 11.2 Å². The van der Waals surface area contributed by atoms with E-state index in [0.717, 1.165) is 12.0 Å². The summed E-state index contributed by atoms with van der Waals surface area (Å²) in [6, 6.07) is 0. The quantitative estimate of drug-likeness (QED) is 0.844. The van der Waals surface area contributed by atoms with Crippen LogP contribution in [0.3, 0.4) is 0 Å². The first-order valence-electron chi connectivity index (χ1n) is 5.89. The Morgan fingerprint density at radius 1 is 1.37 bits per heavy atom. The van der Waals surface area contributed by atoms with Crippen molar-refractivity contribution in [2.24, 2.45) is 14.1 Å². The van der Waals surface area contributed by atoms with Crippen LogP contribution in [-0.2, 0) is 20.5 Å². The minimum Gasteiger partial charge on any atom is -0.340 e. The number of carbonyl (C=O) groups excluding carboxylic acids is 1. The van der Waals surface area contributed by atoms with Crippen LogP contribution in [0.5, 0.6) is 0 Å². The Morgan fingerprint density at radius 3 is 2.63 bits per heavy atom. The number of aromatic nitrogens is 4. The third-order valence-corrected chi connectivity index (χ3v) is 3.10. The Bertz CT molecular complexity index is 589. The number of halogens is 1. The summed E-state index contributed by atoms with van der Waals surface area (Å²) in [6.07, 6.45) is 6.10. The number of amides is 1. The summed E-state index contributed by atoms with van der Waals surface area (Å²) in [5.74, 6) is -0.172. The van der Waals surface area contributed by atoms with Crippen LogP contribution in [0.25, 0.3) is 0 Å². The number of nitrogens with zero attached hydrogens (tertiary/aromatic N) is 5. The van der Waals surface area contributed by atoms with Crippen LogP contribution in [0.4, 0.5) is 0 Å². The van der Waals surface area contributed by atoms with Crippen LogP contribution in [-0.4, -0.2) is 44.0 Å². The molecule has 7 heteroatoms. The monoisotopic (exact) mass is 281 g/mol. The minimum atomic E-state index is -0.172. The lowest BCUT2D eigenvalue weighted by molar-refractivity contribution is 0.0790. The van der Waals surface area contributed by atoms with E-state index < -0.39 is 0 Å². The van der Waals surface area contributed by atoms with Crippen molar-refractivity contribution < 1.29 is 4.79 Å². The molecule has 19 heavy (non-hydrogen) atoms. The van der Waals surface area contributed by atoms with E-state index in [-0.39, 0.29) is 11.6 Å². The zero-order valence-corrected chi connectivity index (χ0v) is 11.9. The van der Waals surface area contributed by atoms with E-state index in [4.69, 9.17) is 11.6 Å². The van der Waals surface area contributed by atoms with Crippen molar-refractivity contribution in [3.8, 4) is 0 Å². The maximum absolute atomic E-state index is 12.2. The highest BCUT2D eigenvalue weighted by molar-refractivity contribution is 6.33. The largest absolute Gasteiger partial charge is 0.340 e. The molecule has 6 nitrogen and oxygen atoms in total. The molecule has 0 atom stereocenters. The maximum atomic E-state index is 12.2. The van der Waals surface area contributed by atoms with Crippen molar-refractivity contribution in [3.05, 3.63) is 34.9 Å². The summed E-state index contributed by atoms with van der Waals surface area (Å²) in [7, 11) is 5.34. The Labute approximate surface area is 116 Å². The van der Waals surface area contributed by atoms with Crippen LogP contribution in [0.1, 0.15) is 16.1 Å². The molecule has 0 bridgehead atoms. The topological polar surface area (TPSA) is 56.0 Å². The number of rotatable bonds is 4. The van der Waals surface area contributed by atoms with Crippen molar-refractivity contribution in [3.63, 3.8) is 0 Å². The summed E-state index contributed by atoms with van der Waals surface area (Å²) in [4.78, 5) is 13.8. The van der Waals surface area contributed by atoms with Gasteiger partial charge in [-0.1, -0.05) is 11.6 Å². The lowest BCUT2D eigenvalue weighted by atomic mass is 10.2. The van der Waals surface area contributed by atoms with E-state index in [2.05, 4.69) is 10.2 Å². The summed E-state index contributed by atoms with van der Waals surface area (Å²) in [6.45, 7) is 0.595. The maximum Gasteiger partial charge on any atom is 0.275 e. The molecule has 0 spiro atoms. The molecule has 0 aliphatic rings. The standard InChI is InChI=1S/C12H16ClN5O/c1-16(5-4-9-6-14-17(2)7-9)12(19)11-10(13)8-18(3)15-11/h6-8H,4-5H2,1-3H3. The van der Waals surface area contributed by atoms with Crippen LogP contribution < -0.4 is 0 Å². The Hall–Kier alpha value is -1.82. The molecule has 0 radical (unpaired) electrons. The summed E-state index contributed by atoms with van der Waals surface area (Å²) in [5, 5.41) is 8.53. The fourth-order valence-electron chi connectivity index (χ4n) is 1.78. The summed E-state index contributed by atoms with van der Waals surface area (Å²) in [5.41, 5.74) is 1.38. The lowest BCUT2D eigenvalue weighted by Crippen LogP contribution is -2.29. The Balaban J connectivity index is 1.98. The molecule has 2 aromatic rings. The van der Waals surface area contributed by atoms with Gasteiger partial charge in [0.1, 0.15) is 0 Å². The third-order valence-electron chi connectivity index (χ3n) is 2.83. The van der Waals surface area contributed by atoms with Crippen LogP contribution in [0.2, 0.25) is 5.02 Å². The molecule has 2 aromatic heterocycles. The van der Waals surface area contributed by atoms with Crippen molar-refractivity contribution in [1.29, 1.82) is 0 Å². The molecule has 102 valence electrons. The molecule has 2 rings (SSSR count). The van der Waals surface area contributed by atoms with Crippen LogP contribution in [0.15, 0.2) is 18.6 Å². The highest BCUT2D eigenvalue weighted by Crippen LogP contribution is 2.15. The van der Waals surface area contributed by atoms with E-state index in [9.17, 15) is 4.79 Å². The first-order chi connectivity index (χ1) is 8.97. The fourth-order valence-corrected chi connectivity index (χ4v) is 2.04. The van der Waals surface area contributed by atoms with Crippen LogP contribution >= 0.6 is 11.6 Å².